The summed E-state index contributed by atoms with van der Waals surface area (Å²) in [5.41, 5.74) is 2.54. The van der Waals surface area contributed by atoms with Gasteiger partial charge >= 0.3 is 0 Å². The first-order chi connectivity index (χ1) is 8.45. The molecule has 3 heteroatoms. The molecule has 1 heterocycles. The lowest BCUT2D eigenvalue weighted by Gasteiger charge is -2.04. The van der Waals surface area contributed by atoms with E-state index in [0.717, 1.165) is 0 Å². The van der Waals surface area contributed by atoms with Gasteiger partial charge in [-0.25, -0.2) is 0 Å². The van der Waals surface area contributed by atoms with Gasteiger partial charge in [0.2, 0.25) is 0 Å². The van der Waals surface area contributed by atoms with E-state index >= 15 is 0 Å². The molecule has 0 saturated carbocycles. The summed E-state index contributed by atoms with van der Waals surface area (Å²) < 4.78 is 3.28. The highest BCUT2D eigenvalue weighted by Gasteiger charge is 2.18. The Morgan fingerprint density at radius 1 is 0.588 bits per heavy atom. The van der Waals surface area contributed by atoms with Crippen molar-refractivity contribution in [2.24, 2.45) is 0 Å². The molecule has 1 N–H and O–H groups in total. The fraction of sp³-hybridized carbons (Fsp3) is 0. The average Bonchev–Trinajstić information content (AvgIpc) is 2.90. The zero-order valence-corrected chi connectivity index (χ0v) is 10.7. The summed E-state index contributed by atoms with van der Waals surface area (Å²) in [4.78, 5) is 2.61. The molecular formula is C14H11NS2. The quantitative estimate of drug-likeness (QED) is 0.800. The summed E-state index contributed by atoms with van der Waals surface area (Å²) in [7, 11) is 0. The third-order valence-corrected chi connectivity index (χ3v) is 4.65. The number of hydrogen-bond acceptors (Lipinski definition) is 3. The van der Waals surface area contributed by atoms with Gasteiger partial charge in [0, 0.05) is 9.81 Å². The predicted octanol–water partition coefficient (Wildman–Crippen LogP) is 4.41. The fourth-order valence-corrected chi connectivity index (χ4v) is 3.77. The molecule has 1 nitrogen and oxygen atoms in total. The van der Waals surface area contributed by atoms with Crippen molar-refractivity contribution in [1.29, 1.82) is 0 Å². The van der Waals surface area contributed by atoms with Crippen molar-refractivity contribution in [3.63, 3.8) is 0 Å². The second kappa shape index (κ2) is 5.00. The van der Waals surface area contributed by atoms with E-state index in [1.54, 1.807) is 23.9 Å². The van der Waals surface area contributed by atoms with Crippen LogP contribution in [0.2, 0.25) is 0 Å². The maximum atomic E-state index is 3.28. The summed E-state index contributed by atoms with van der Waals surface area (Å²) in [5, 5.41) is 0. The van der Waals surface area contributed by atoms with Crippen LogP contribution in [0.5, 0.6) is 0 Å². The Hall–Kier alpha value is -1.16. The van der Waals surface area contributed by atoms with Gasteiger partial charge in [0.1, 0.15) is 0 Å². The second-order valence-electron chi connectivity index (χ2n) is 3.68. The number of rotatable bonds is 2. The number of hydrogen-bond donors (Lipinski definition) is 1. The maximum absolute atomic E-state index is 3.28. The standard InChI is InChI=1S/C14H11NS2/c1-3-7-11(8-4-1)13-14(17-15-16-13)12-9-5-2-6-10-12/h1-10,15H. The van der Waals surface area contributed by atoms with E-state index in [2.05, 4.69) is 52.7 Å². The smallest absolute Gasteiger partial charge is 0.0464 e. The average molecular weight is 257 g/mol. The van der Waals surface area contributed by atoms with Gasteiger partial charge in [0.15, 0.2) is 0 Å². The van der Waals surface area contributed by atoms with Crippen molar-refractivity contribution < 1.29 is 0 Å². The van der Waals surface area contributed by atoms with E-state index in [9.17, 15) is 0 Å². The van der Waals surface area contributed by atoms with E-state index in [0.29, 0.717) is 0 Å². The monoisotopic (exact) mass is 257 g/mol. The molecule has 0 radical (unpaired) electrons. The summed E-state index contributed by atoms with van der Waals surface area (Å²) >= 11 is 3.38. The van der Waals surface area contributed by atoms with Crippen LogP contribution in [0.15, 0.2) is 60.7 Å². The van der Waals surface area contributed by atoms with Crippen LogP contribution in [0.1, 0.15) is 11.1 Å². The van der Waals surface area contributed by atoms with Crippen molar-refractivity contribution in [3.8, 4) is 0 Å². The van der Waals surface area contributed by atoms with Crippen molar-refractivity contribution in [2.75, 3.05) is 0 Å². The summed E-state index contributed by atoms with van der Waals surface area (Å²) in [6, 6.07) is 21.0. The Balaban J connectivity index is 2.08. The van der Waals surface area contributed by atoms with Crippen molar-refractivity contribution in [2.45, 2.75) is 0 Å². The van der Waals surface area contributed by atoms with Crippen molar-refractivity contribution in [1.82, 2.24) is 4.13 Å². The molecule has 0 fully saturated rings. The van der Waals surface area contributed by atoms with Crippen LogP contribution in [0.3, 0.4) is 0 Å². The van der Waals surface area contributed by atoms with Crippen LogP contribution in [-0.4, -0.2) is 0 Å². The molecule has 0 aromatic heterocycles. The van der Waals surface area contributed by atoms with Crippen LogP contribution in [-0.2, 0) is 0 Å². The molecule has 2 aromatic carbocycles. The van der Waals surface area contributed by atoms with Crippen molar-refractivity contribution in [3.05, 3.63) is 71.8 Å². The normalized spacial score (nSPS) is 15.3. The Kier molecular flexibility index (Phi) is 3.22. The second-order valence-corrected chi connectivity index (χ2v) is 5.57. The summed E-state index contributed by atoms with van der Waals surface area (Å²) in [5.74, 6) is 0. The fourth-order valence-electron chi connectivity index (χ4n) is 1.76. The third kappa shape index (κ3) is 2.27. The van der Waals surface area contributed by atoms with Crippen molar-refractivity contribution >= 4 is 33.7 Å². The van der Waals surface area contributed by atoms with Crippen LogP contribution in [0.4, 0.5) is 0 Å². The molecule has 2 aromatic rings. The minimum absolute atomic E-state index is 1.27. The molecule has 17 heavy (non-hydrogen) atoms. The third-order valence-electron chi connectivity index (χ3n) is 2.57. The van der Waals surface area contributed by atoms with E-state index in [-0.39, 0.29) is 0 Å². The Labute approximate surface area is 110 Å². The molecular weight excluding hydrogens is 246 g/mol. The largest absolute Gasteiger partial charge is 0.199 e. The van der Waals surface area contributed by atoms with Gasteiger partial charge < -0.3 is 0 Å². The van der Waals surface area contributed by atoms with Gasteiger partial charge in [-0.15, -0.1) is 0 Å². The maximum Gasteiger partial charge on any atom is 0.0464 e. The SMILES string of the molecule is c1ccc(C2=C(c3ccccc3)SNS2)cc1. The lowest BCUT2D eigenvalue weighted by Crippen LogP contribution is -1.81. The topological polar surface area (TPSA) is 12.0 Å². The molecule has 0 unspecified atom stereocenters. The Morgan fingerprint density at radius 3 is 1.41 bits per heavy atom. The number of benzene rings is 2. The molecule has 0 atom stereocenters. The highest BCUT2D eigenvalue weighted by molar-refractivity contribution is 8.25. The zero-order chi connectivity index (χ0) is 11.5. The highest BCUT2D eigenvalue weighted by Crippen LogP contribution is 2.46. The lowest BCUT2D eigenvalue weighted by molar-refractivity contribution is 1.63. The molecule has 0 aliphatic carbocycles. The summed E-state index contributed by atoms with van der Waals surface area (Å²) in [6.45, 7) is 0. The van der Waals surface area contributed by atoms with Gasteiger partial charge in [-0.05, 0) is 35.0 Å². The highest BCUT2D eigenvalue weighted by atomic mass is 32.2. The first-order valence-corrected chi connectivity index (χ1v) is 7.02. The van der Waals surface area contributed by atoms with Gasteiger partial charge in [0.05, 0.1) is 0 Å². The Morgan fingerprint density at radius 2 is 1.00 bits per heavy atom. The van der Waals surface area contributed by atoms with Crippen LogP contribution < -0.4 is 4.13 Å². The molecule has 0 amide bonds. The lowest BCUT2D eigenvalue weighted by atomic mass is 10.1. The van der Waals surface area contributed by atoms with Gasteiger partial charge in [0.25, 0.3) is 0 Å². The van der Waals surface area contributed by atoms with E-state index in [1.807, 2.05) is 12.1 Å². The molecule has 1 aliphatic heterocycles. The molecule has 0 spiro atoms. The molecule has 1 aliphatic rings. The van der Waals surface area contributed by atoms with Crippen LogP contribution in [0, 0.1) is 0 Å². The molecule has 3 rings (SSSR count). The molecule has 0 bridgehead atoms. The first-order valence-electron chi connectivity index (χ1n) is 5.39. The van der Waals surface area contributed by atoms with Gasteiger partial charge in [-0.2, -0.15) is 4.13 Å². The van der Waals surface area contributed by atoms with Crippen LogP contribution in [0.25, 0.3) is 9.81 Å². The van der Waals surface area contributed by atoms with E-state index in [1.165, 1.54) is 20.9 Å². The van der Waals surface area contributed by atoms with Gasteiger partial charge in [-0.1, -0.05) is 60.7 Å². The van der Waals surface area contributed by atoms with Gasteiger partial charge in [-0.3, -0.25) is 0 Å². The first kappa shape index (κ1) is 11.0. The van der Waals surface area contributed by atoms with E-state index in [4.69, 9.17) is 0 Å². The minimum atomic E-state index is 1.27. The number of nitrogens with one attached hydrogen (secondary N) is 1. The molecule has 0 saturated heterocycles. The minimum Gasteiger partial charge on any atom is -0.199 e. The zero-order valence-electron chi connectivity index (χ0n) is 9.09. The Bertz CT molecular complexity index is 485. The summed E-state index contributed by atoms with van der Waals surface area (Å²) in [6.07, 6.45) is 0. The van der Waals surface area contributed by atoms with Crippen LogP contribution >= 0.6 is 23.9 Å². The predicted molar refractivity (Wildman–Crippen MR) is 78.0 cm³/mol. The molecule has 84 valence electrons. The van der Waals surface area contributed by atoms with E-state index < -0.39 is 0 Å².